The summed E-state index contributed by atoms with van der Waals surface area (Å²) in [7, 11) is 1.74. The van der Waals surface area contributed by atoms with Crippen LogP contribution in [0.4, 0.5) is 5.69 Å². The summed E-state index contributed by atoms with van der Waals surface area (Å²) in [6.07, 6.45) is 6.87. The Morgan fingerprint density at radius 1 is 1.04 bits per heavy atom. The van der Waals surface area contributed by atoms with Crippen molar-refractivity contribution in [3.8, 4) is 0 Å². The van der Waals surface area contributed by atoms with Gasteiger partial charge in [0.15, 0.2) is 0 Å². The third-order valence-electron chi connectivity index (χ3n) is 6.29. The molecule has 0 aliphatic heterocycles. The van der Waals surface area contributed by atoms with E-state index in [9.17, 15) is 14.7 Å². The van der Waals surface area contributed by atoms with E-state index in [4.69, 9.17) is 0 Å². The molecular formula is C19H23NO3. The first kappa shape index (κ1) is 14.7. The van der Waals surface area contributed by atoms with Gasteiger partial charge >= 0.3 is 5.97 Å². The Kier molecular flexibility index (Phi) is 3.26. The molecule has 4 heteroatoms. The Hall–Kier alpha value is -1.84. The predicted molar refractivity (Wildman–Crippen MR) is 87.4 cm³/mol. The minimum atomic E-state index is -0.981. The quantitative estimate of drug-likeness (QED) is 0.928. The van der Waals surface area contributed by atoms with Gasteiger partial charge in [0.1, 0.15) is 0 Å². The van der Waals surface area contributed by atoms with Gasteiger partial charge in [-0.3, -0.25) is 4.79 Å². The fourth-order valence-electron chi connectivity index (χ4n) is 5.78. The van der Waals surface area contributed by atoms with Crippen LogP contribution < -0.4 is 4.90 Å². The van der Waals surface area contributed by atoms with Gasteiger partial charge in [-0.25, -0.2) is 4.79 Å². The number of carboxylic acid groups (broad SMARTS) is 1. The van der Waals surface area contributed by atoms with Crippen molar-refractivity contribution in [1.82, 2.24) is 0 Å². The van der Waals surface area contributed by atoms with Crippen LogP contribution in [0.15, 0.2) is 24.3 Å². The summed E-state index contributed by atoms with van der Waals surface area (Å²) in [5.41, 5.74) is 0.476. The number of benzene rings is 1. The van der Waals surface area contributed by atoms with Crippen molar-refractivity contribution in [2.45, 2.75) is 38.5 Å². The Morgan fingerprint density at radius 3 is 2.09 bits per heavy atom. The molecular weight excluding hydrogens is 290 g/mol. The summed E-state index contributed by atoms with van der Waals surface area (Å²) in [5, 5.41) is 9.39. The molecule has 5 rings (SSSR count). The molecule has 0 spiro atoms. The highest BCUT2D eigenvalue weighted by molar-refractivity contribution is 6.03. The van der Waals surface area contributed by atoms with E-state index in [-0.39, 0.29) is 16.9 Å². The largest absolute Gasteiger partial charge is 0.478 e. The predicted octanol–water partition coefficient (Wildman–Crippen LogP) is 3.56. The van der Waals surface area contributed by atoms with Gasteiger partial charge in [-0.2, -0.15) is 0 Å². The lowest BCUT2D eigenvalue weighted by Gasteiger charge is -2.56. The van der Waals surface area contributed by atoms with Crippen molar-refractivity contribution < 1.29 is 14.7 Å². The smallest absolute Gasteiger partial charge is 0.337 e. The van der Waals surface area contributed by atoms with Crippen molar-refractivity contribution in [2.24, 2.45) is 23.2 Å². The summed E-state index contributed by atoms with van der Waals surface area (Å²) in [4.78, 5) is 26.4. The lowest BCUT2D eigenvalue weighted by atomic mass is 9.49. The normalized spacial score (nSPS) is 34.4. The molecule has 4 fully saturated rings. The van der Waals surface area contributed by atoms with Crippen molar-refractivity contribution in [3.05, 3.63) is 29.8 Å². The van der Waals surface area contributed by atoms with Crippen molar-refractivity contribution in [2.75, 3.05) is 11.9 Å². The molecule has 1 aromatic rings. The molecule has 23 heavy (non-hydrogen) atoms. The first-order valence-corrected chi connectivity index (χ1v) is 8.59. The number of para-hydroxylation sites is 1. The van der Waals surface area contributed by atoms with Crippen LogP contribution >= 0.6 is 0 Å². The van der Waals surface area contributed by atoms with E-state index in [1.807, 2.05) is 0 Å². The maximum absolute atomic E-state index is 13.3. The van der Waals surface area contributed by atoms with E-state index in [1.165, 1.54) is 19.3 Å². The van der Waals surface area contributed by atoms with Crippen LogP contribution in [0.5, 0.6) is 0 Å². The molecule has 4 aliphatic carbocycles. The third-order valence-corrected chi connectivity index (χ3v) is 6.29. The van der Waals surface area contributed by atoms with Crippen molar-refractivity contribution in [1.29, 1.82) is 0 Å². The number of anilines is 1. The molecule has 0 unspecified atom stereocenters. The highest BCUT2D eigenvalue weighted by Gasteiger charge is 2.55. The molecule has 1 N–H and O–H groups in total. The summed E-state index contributed by atoms with van der Waals surface area (Å²) in [5.74, 6) is 1.26. The standard InChI is InChI=1S/C19H23NO3/c1-20(16-5-3-2-4-15(16)17(21)22)18(23)19-9-12-6-13(10-19)8-14(7-12)11-19/h2-5,12-14H,6-11H2,1H3,(H,21,22). The molecule has 122 valence electrons. The van der Waals surface area contributed by atoms with Gasteiger partial charge < -0.3 is 10.0 Å². The summed E-state index contributed by atoms with van der Waals surface area (Å²) in [6, 6.07) is 6.81. The zero-order valence-electron chi connectivity index (χ0n) is 13.5. The fraction of sp³-hybridized carbons (Fsp3) is 0.579. The second kappa shape index (κ2) is 5.08. The number of rotatable bonds is 3. The van der Waals surface area contributed by atoms with Gasteiger partial charge in [0, 0.05) is 7.05 Å². The molecule has 4 nitrogen and oxygen atoms in total. The Bertz CT molecular complexity index is 631. The lowest BCUT2D eigenvalue weighted by Crippen LogP contribution is -2.54. The Morgan fingerprint density at radius 2 is 1.57 bits per heavy atom. The SMILES string of the molecule is CN(C(=O)C12CC3CC(CC(C3)C1)C2)c1ccccc1C(=O)O. The third kappa shape index (κ3) is 2.27. The number of nitrogens with zero attached hydrogens (tertiary/aromatic N) is 1. The van der Waals surface area contributed by atoms with Crippen LogP contribution in [0.3, 0.4) is 0 Å². The molecule has 0 radical (unpaired) electrons. The minimum Gasteiger partial charge on any atom is -0.478 e. The topological polar surface area (TPSA) is 57.6 Å². The number of carboxylic acids is 1. The van der Waals surface area contributed by atoms with Gasteiger partial charge in [0.2, 0.25) is 5.91 Å². The molecule has 4 saturated carbocycles. The summed E-state index contributed by atoms with van der Waals surface area (Å²) in [6.45, 7) is 0. The van der Waals surface area contributed by atoms with E-state index in [0.29, 0.717) is 23.4 Å². The van der Waals surface area contributed by atoms with Gasteiger partial charge in [0.05, 0.1) is 16.7 Å². The van der Waals surface area contributed by atoms with Crippen LogP contribution in [0.1, 0.15) is 48.9 Å². The minimum absolute atomic E-state index is 0.130. The Balaban J connectivity index is 1.66. The average molecular weight is 313 g/mol. The molecule has 4 aliphatic rings. The van der Waals surface area contributed by atoms with E-state index in [1.54, 1.807) is 36.2 Å². The highest BCUT2D eigenvalue weighted by Crippen LogP contribution is 2.60. The number of hydrogen-bond acceptors (Lipinski definition) is 2. The van der Waals surface area contributed by atoms with Crippen molar-refractivity contribution >= 4 is 17.6 Å². The molecule has 1 amide bonds. The monoisotopic (exact) mass is 313 g/mol. The van der Waals surface area contributed by atoms with Crippen molar-refractivity contribution in [3.63, 3.8) is 0 Å². The maximum atomic E-state index is 13.3. The van der Waals surface area contributed by atoms with E-state index in [0.717, 1.165) is 19.3 Å². The summed E-state index contributed by atoms with van der Waals surface area (Å²) >= 11 is 0. The molecule has 0 saturated heterocycles. The second-order valence-corrected chi connectivity index (χ2v) is 7.88. The summed E-state index contributed by atoms with van der Waals surface area (Å²) < 4.78 is 0. The van der Waals surface area contributed by atoms with E-state index < -0.39 is 5.97 Å². The molecule has 0 atom stereocenters. The van der Waals surface area contributed by atoms with Crippen LogP contribution in [-0.2, 0) is 4.79 Å². The van der Waals surface area contributed by atoms with Crippen LogP contribution in [0.2, 0.25) is 0 Å². The van der Waals surface area contributed by atoms with Gasteiger partial charge in [0.25, 0.3) is 0 Å². The second-order valence-electron chi connectivity index (χ2n) is 7.88. The average Bonchev–Trinajstić information content (AvgIpc) is 2.52. The first-order valence-electron chi connectivity index (χ1n) is 8.59. The Labute approximate surface area is 136 Å². The van der Waals surface area contributed by atoms with E-state index >= 15 is 0 Å². The molecule has 0 heterocycles. The van der Waals surface area contributed by atoms with E-state index in [2.05, 4.69) is 0 Å². The van der Waals surface area contributed by atoms with Gasteiger partial charge in [-0.15, -0.1) is 0 Å². The van der Waals surface area contributed by atoms with Crippen LogP contribution in [0.25, 0.3) is 0 Å². The molecule has 0 aromatic heterocycles. The maximum Gasteiger partial charge on any atom is 0.337 e. The molecule has 1 aromatic carbocycles. The number of amides is 1. The van der Waals surface area contributed by atoms with Gasteiger partial charge in [-0.1, -0.05) is 12.1 Å². The zero-order chi connectivity index (χ0) is 16.2. The number of carbonyl (C=O) groups is 2. The zero-order valence-corrected chi connectivity index (χ0v) is 13.5. The fourth-order valence-corrected chi connectivity index (χ4v) is 5.78. The lowest BCUT2D eigenvalue weighted by molar-refractivity contribution is -0.143. The number of aromatic carboxylic acids is 1. The van der Waals surface area contributed by atoms with Crippen LogP contribution in [-0.4, -0.2) is 24.0 Å². The molecule has 4 bridgehead atoms. The number of hydrogen-bond donors (Lipinski definition) is 1. The highest BCUT2D eigenvalue weighted by atomic mass is 16.4. The first-order chi connectivity index (χ1) is 11.0. The number of carbonyl (C=O) groups excluding carboxylic acids is 1. The van der Waals surface area contributed by atoms with Gasteiger partial charge in [-0.05, 0) is 68.4 Å². The van der Waals surface area contributed by atoms with Crippen LogP contribution in [0, 0.1) is 23.2 Å².